The number of benzene rings is 2. The van der Waals surface area contributed by atoms with Gasteiger partial charge in [-0.1, -0.05) is 35.9 Å². The minimum absolute atomic E-state index is 0.0431. The second-order valence-corrected chi connectivity index (χ2v) is 6.57. The van der Waals surface area contributed by atoms with Crippen LogP contribution in [0.15, 0.2) is 48.5 Å². The van der Waals surface area contributed by atoms with E-state index in [2.05, 4.69) is 12.1 Å². The molecule has 0 unspecified atom stereocenters. The third-order valence-corrected chi connectivity index (χ3v) is 4.84. The fraction of sp³-hybridized carbons (Fsp3) is 0.316. The van der Waals surface area contributed by atoms with Crippen molar-refractivity contribution < 1.29 is 4.79 Å². The summed E-state index contributed by atoms with van der Waals surface area (Å²) in [5.74, 6) is 0.662. The zero-order valence-electron chi connectivity index (χ0n) is 13.0. The fourth-order valence-corrected chi connectivity index (χ4v) is 3.35. The van der Waals surface area contributed by atoms with E-state index < -0.39 is 0 Å². The third-order valence-electron chi connectivity index (χ3n) is 4.51. The van der Waals surface area contributed by atoms with Crippen LogP contribution in [0.5, 0.6) is 0 Å². The maximum atomic E-state index is 12.6. The number of hydrogen-bond donors (Lipinski definition) is 1. The summed E-state index contributed by atoms with van der Waals surface area (Å²) in [6.07, 6.45) is 3.11. The summed E-state index contributed by atoms with van der Waals surface area (Å²) in [5.41, 5.74) is 8.44. The van der Waals surface area contributed by atoms with Gasteiger partial charge < -0.3 is 10.6 Å². The van der Waals surface area contributed by atoms with Gasteiger partial charge in [-0.05, 0) is 55.0 Å². The van der Waals surface area contributed by atoms with Crippen molar-refractivity contribution in [3.8, 4) is 0 Å². The number of hydrogen-bond acceptors (Lipinski definition) is 2. The standard InChI is InChI=1S/C19H21ClN2O/c20-18-4-2-1-3-17(18)19(23)22-11-9-15(10-12-22)13-14-5-7-16(21)8-6-14/h1-8,15H,9-13,21H2. The van der Waals surface area contributed by atoms with Crippen molar-refractivity contribution in [2.24, 2.45) is 5.92 Å². The highest BCUT2D eigenvalue weighted by molar-refractivity contribution is 6.33. The topological polar surface area (TPSA) is 46.3 Å². The summed E-state index contributed by atoms with van der Waals surface area (Å²) in [6, 6.07) is 15.3. The molecule has 0 spiro atoms. The molecule has 1 fully saturated rings. The van der Waals surface area contributed by atoms with Gasteiger partial charge in [-0.3, -0.25) is 4.79 Å². The van der Waals surface area contributed by atoms with Crippen molar-refractivity contribution in [3.05, 3.63) is 64.7 Å². The van der Waals surface area contributed by atoms with E-state index in [1.54, 1.807) is 12.1 Å². The van der Waals surface area contributed by atoms with E-state index in [-0.39, 0.29) is 5.91 Å². The maximum absolute atomic E-state index is 12.6. The highest BCUT2D eigenvalue weighted by Crippen LogP contribution is 2.25. The Bertz CT molecular complexity index is 676. The predicted octanol–water partition coefficient (Wildman–Crippen LogP) is 4.02. The van der Waals surface area contributed by atoms with Crippen molar-refractivity contribution in [2.75, 3.05) is 18.8 Å². The van der Waals surface area contributed by atoms with E-state index in [4.69, 9.17) is 17.3 Å². The van der Waals surface area contributed by atoms with Gasteiger partial charge in [-0.2, -0.15) is 0 Å². The molecule has 1 aliphatic rings. The summed E-state index contributed by atoms with van der Waals surface area (Å²) in [4.78, 5) is 14.5. The average Bonchev–Trinajstić information content (AvgIpc) is 2.57. The van der Waals surface area contributed by atoms with Crippen molar-refractivity contribution in [1.29, 1.82) is 0 Å². The van der Waals surface area contributed by atoms with E-state index >= 15 is 0 Å². The molecule has 1 amide bonds. The molecule has 2 aromatic carbocycles. The Morgan fingerprint density at radius 3 is 2.39 bits per heavy atom. The predicted molar refractivity (Wildman–Crippen MR) is 94.6 cm³/mol. The summed E-state index contributed by atoms with van der Waals surface area (Å²) in [5, 5.41) is 0.529. The first-order valence-corrected chi connectivity index (χ1v) is 8.39. The molecule has 2 N–H and O–H groups in total. The second kappa shape index (κ2) is 7.05. The molecule has 1 aliphatic heterocycles. The van der Waals surface area contributed by atoms with Gasteiger partial charge in [-0.25, -0.2) is 0 Å². The molecule has 4 heteroatoms. The van der Waals surface area contributed by atoms with Gasteiger partial charge in [0.25, 0.3) is 5.91 Å². The van der Waals surface area contributed by atoms with Crippen LogP contribution >= 0.6 is 11.6 Å². The molecule has 0 radical (unpaired) electrons. The van der Waals surface area contributed by atoms with Crippen molar-refractivity contribution in [3.63, 3.8) is 0 Å². The minimum Gasteiger partial charge on any atom is -0.399 e. The lowest BCUT2D eigenvalue weighted by Crippen LogP contribution is -2.39. The molecule has 0 bridgehead atoms. The van der Waals surface area contributed by atoms with Crippen LogP contribution in [-0.2, 0) is 6.42 Å². The number of piperidine rings is 1. The van der Waals surface area contributed by atoms with Gasteiger partial charge in [0, 0.05) is 18.8 Å². The Kier molecular flexibility index (Phi) is 4.87. The van der Waals surface area contributed by atoms with Crippen LogP contribution < -0.4 is 5.73 Å². The minimum atomic E-state index is 0.0431. The molecule has 120 valence electrons. The lowest BCUT2D eigenvalue weighted by Gasteiger charge is -2.32. The normalized spacial score (nSPS) is 15.6. The second-order valence-electron chi connectivity index (χ2n) is 6.16. The zero-order valence-corrected chi connectivity index (χ0v) is 13.8. The van der Waals surface area contributed by atoms with Crippen LogP contribution in [0.25, 0.3) is 0 Å². The number of nitrogen functional groups attached to an aromatic ring is 1. The van der Waals surface area contributed by atoms with Crippen LogP contribution in [0, 0.1) is 5.92 Å². The third kappa shape index (κ3) is 3.85. The smallest absolute Gasteiger partial charge is 0.255 e. The van der Waals surface area contributed by atoms with Crippen LogP contribution in [0.1, 0.15) is 28.8 Å². The number of rotatable bonds is 3. The lowest BCUT2D eigenvalue weighted by atomic mass is 9.90. The summed E-state index contributed by atoms with van der Waals surface area (Å²) in [6.45, 7) is 1.59. The van der Waals surface area contributed by atoms with E-state index in [9.17, 15) is 4.79 Å². The molecule has 0 atom stereocenters. The monoisotopic (exact) mass is 328 g/mol. The largest absolute Gasteiger partial charge is 0.399 e. The Labute approximate surface area is 142 Å². The number of nitrogens with two attached hydrogens (primary N) is 1. The Balaban J connectivity index is 1.57. The van der Waals surface area contributed by atoms with Crippen LogP contribution in [0.3, 0.4) is 0 Å². The fourth-order valence-electron chi connectivity index (χ4n) is 3.13. The van der Waals surface area contributed by atoms with Gasteiger partial charge >= 0.3 is 0 Å². The first-order valence-electron chi connectivity index (χ1n) is 8.01. The van der Waals surface area contributed by atoms with Crippen molar-refractivity contribution in [2.45, 2.75) is 19.3 Å². The molecule has 0 aromatic heterocycles. The molecule has 3 rings (SSSR count). The number of anilines is 1. The molecule has 0 aliphatic carbocycles. The quantitative estimate of drug-likeness (QED) is 0.865. The molecule has 23 heavy (non-hydrogen) atoms. The molecule has 3 nitrogen and oxygen atoms in total. The highest BCUT2D eigenvalue weighted by atomic mass is 35.5. The van der Waals surface area contributed by atoms with Crippen LogP contribution in [0.2, 0.25) is 5.02 Å². The first-order chi connectivity index (χ1) is 11.1. The van der Waals surface area contributed by atoms with Crippen LogP contribution in [-0.4, -0.2) is 23.9 Å². The SMILES string of the molecule is Nc1ccc(CC2CCN(C(=O)c3ccccc3Cl)CC2)cc1. The molecular formula is C19H21ClN2O. The number of halogens is 1. The lowest BCUT2D eigenvalue weighted by molar-refractivity contribution is 0.0691. The van der Waals surface area contributed by atoms with Gasteiger partial charge in [0.15, 0.2) is 0 Å². The number of carbonyl (C=O) groups excluding carboxylic acids is 1. The van der Waals surface area contributed by atoms with E-state index in [0.717, 1.165) is 38.0 Å². The Morgan fingerprint density at radius 2 is 1.74 bits per heavy atom. The van der Waals surface area contributed by atoms with E-state index in [1.165, 1.54) is 5.56 Å². The summed E-state index contributed by atoms with van der Waals surface area (Å²) >= 11 is 6.13. The Hall–Kier alpha value is -2.00. The summed E-state index contributed by atoms with van der Waals surface area (Å²) in [7, 11) is 0. The zero-order chi connectivity index (χ0) is 16.2. The molecule has 2 aromatic rings. The van der Waals surface area contributed by atoms with Crippen molar-refractivity contribution in [1.82, 2.24) is 4.90 Å². The summed E-state index contributed by atoms with van der Waals surface area (Å²) < 4.78 is 0. The number of nitrogens with zero attached hydrogens (tertiary/aromatic N) is 1. The molecule has 1 heterocycles. The number of likely N-dealkylation sites (tertiary alicyclic amines) is 1. The molecule has 0 saturated carbocycles. The van der Waals surface area contributed by atoms with E-state index in [0.29, 0.717) is 16.5 Å². The van der Waals surface area contributed by atoms with Crippen molar-refractivity contribution >= 4 is 23.2 Å². The number of carbonyl (C=O) groups is 1. The van der Waals surface area contributed by atoms with Crippen LogP contribution in [0.4, 0.5) is 5.69 Å². The Morgan fingerprint density at radius 1 is 1.09 bits per heavy atom. The number of amides is 1. The average molecular weight is 329 g/mol. The molecule has 1 saturated heterocycles. The molecular weight excluding hydrogens is 308 g/mol. The maximum Gasteiger partial charge on any atom is 0.255 e. The van der Waals surface area contributed by atoms with Gasteiger partial charge in [0.1, 0.15) is 0 Å². The van der Waals surface area contributed by atoms with E-state index in [1.807, 2.05) is 29.2 Å². The van der Waals surface area contributed by atoms with Gasteiger partial charge in [0.2, 0.25) is 0 Å². The highest BCUT2D eigenvalue weighted by Gasteiger charge is 2.24. The van der Waals surface area contributed by atoms with Gasteiger partial charge in [-0.15, -0.1) is 0 Å². The first kappa shape index (κ1) is 15.9. The van der Waals surface area contributed by atoms with Gasteiger partial charge in [0.05, 0.1) is 10.6 Å².